The van der Waals surface area contributed by atoms with Crippen LogP contribution in [0.3, 0.4) is 0 Å². The number of hydrogen-bond donors (Lipinski definition) is 1. The topological polar surface area (TPSA) is 50.7 Å². The van der Waals surface area contributed by atoms with E-state index in [1.807, 2.05) is 26.4 Å². The van der Waals surface area contributed by atoms with Crippen LogP contribution in [0.2, 0.25) is 0 Å². The minimum atomic E-state index is 0.0765. The molecule has 0 bridgehead atoms. The van der Waals surface area contributed by atoms with Crippen molar-refractivity contribution in [3.8, 4) is 11.1 Å². The Morgan fingerprint density at radius 1 is 1.53 bits per heavy atom. The van der Waals surface area contributed by atoms with E-state index in [1.54, 1.807) is 17.8 Å². The van der Waals surface area contributed by atoms with Gasteiger partial charge in [-0.25, -0.2) is 0 Å². The number of aromatic nitrogens is 3. The molecule has 2 heterocycles. The van der Waals surface area contributed by atoms with E-state index >= 15 is 0 Å². The van der Waals surface area contributed by atoms with Gasteiger partial charge in [0, 0.05) is 41.8 Å². The van der Waals surface area contributed by atoms with E-state index in [0.717, 1.165) is 22.4 Å². The zero-order valence-corrected chi connectivity index (χ0v) is 9.03. The minimum absolute atomic E-state index is 0.0765. The van der Waals surface area contributed by atoms with Crippen LogP contribution in [0.5, 0.6) is 0 Å². The lowest BCUT2D eigenvalue weighted by Gasteiger charge is -1.98. The van der Waals surface area contributed by atoms with Crippen molar-refractivity contribution in [3.05, 3.63) is 29.8 Å². The maximum Gasteiger partial charge on any atom is 0.162 e. The molecule has 0 saturated heterocycles. The largest absolute Gasteiger partial charge is 0.364 e. The number of nitrogens with one attached hydrogen (secondary N) is 1. The van der Waals surface area contributed by atoms with E-state index in [9.17, 15) is 4.79 Å². The molecule has 0 amide bonds. The summed E-state index contributed by atoms with van der Waals surface area (Å²) in [6, 6.07) is 0. The molecule has 2 aromatic rings. The first kappa shape index (κ1) is 9.71. The van der Waals surface area contributed by atoms with Gasteiger partial charge in [0.25, 0.3) is 0 Å². The Kier molecular flexibility index (Phi) is 2.19. The molecular formula is C11H13N3O. The van der Waals surface area contributed by atoms with Gasteiger partial charge in [0.2, 0.25) is 0 Å². The highest BCUT2D eigenvalue weighted by Crippen LogP contribution is 2.25. The fourth-order valence-electron chi connectivity index (χ4n) is 1.77. The maximum atomic E-state index is 11.5. The van der Waals surface area contributed by atoms with Crippen LogP contribution in [0.4, 0.5) is 0 Å². The van der Waals surface area contributed by atoms with Crippen molar-refractivity contribution in [2.75, 3.05) is 0 Å². The van der Waals surface area contributed by atoms with Crippen LogP contribution in [-0.2, 0) is 7.05 Å². The van der Waals surface area contributed by atoms with Gasteiger partial charge in [-0.3, -0.25) is 9.48 Å². The molecule has 0 atom stereocenters. The van der Waals surface area contributed by atoms with Crippen molar-refractivity contribution in [3.63, 3.8) is 0 Å². The van der Waals surface area contributed by atoms with Crippen LogP contribution in [-0.4, -0.2) is 20.5 Å². The molecule has 2 rings (SSSR count). The maximum absolute atomic E-state index is 11.5. The highest BCUT2D eigenvalue weighted by atomic mass is 16.1. The summed E-state index contributed by atoms with van der Waals surface area (Å²) in [7, 11) is 1.86. The molecule has 0 radical (unpaired) electrons. The Labute approximate surface area is 87.9 Å². The SMILES string of the molecule is CC(=O)c1c(-c2cnn(C)c2)c[nH]c1C. The highest BCUT2D eigenvalue weighted by molar-refractivity contribution is 6.01. The Balaban J connectivity index is 2.58. The third kappa shape index (κ3) is 1.58. The number of carbonyl (C=O) groups excluding carboxylic acids is 1. The van der Waals surface area contributed by atoms with Gasteiger partial charge in [-0.1, -0.05) is 0 Å². The van der Waals surface area contributed by atoms with Crippen LogP contribution in [0, 0.1) is 6.92 Å². The monoisotopic (exact) mass is 203 g/mol. The summed E-state index contributed by atoms with van der Waals surface area (Å²) in [5.41, 5.74) is 3.55. The van der Waals surface area contributed by atoms with Gasteiger partial charge in [-0.05, 0) is 13.8 Å². The van der Waals surface area contributed by atoms with Gasteiger partial charge in [0.1, 0.15) is 0 Å². The molecule has 0 saturated carbocycles. The average molecular weight is 203 g/mol. The lowest BCUT2D eigenvalue weighted by Crippen LogP contribution is -1.94. The average Bonchev–Trinajstić information content (AvgIpc) is 2.71. The van der Waals surface area contributed by atoms with Gasteiger partial charge in [-0.15, -0.1) is 0 Å². The van der Waals surface area contributed by atoms with Gasteiger partial charge < -0.3 is 4.98 Å². The summed E-state index contributed by atoms with van der Waals surface area (Å²) in [6.07, 6.45) is 5.51. The molecule has 0 aromatic carbocycles. The van der Waals surface area contributed by atoms with Gasteiger partial charge in [0.15, 0.2) is 5.78 Å². The number of aromatic amines is 1. The number of Topliss-reactive ketones (excluding diaryl/α,β-unsaturated/α-hetero) is 1. The summed E-state index contributed by atoms with van der Waals surface area (Å²) in [6.45, 7) is 3.48. The number of rotatable bonds is 2. The first-order valence-electron chi connectivity index (χ1n) is 4.77. The van der Waals surface area contributed by atoms with Crippen LogP contribution in [0.25, 0.3) is 11.1 Å². The number of ketones is 1. The molecule has 4 heteroatoms. The van der Waals surface area contributed by atoms with Crippen LogP contribution in [0.1, 0.15) is 23.0 Å². The molecule has 0 aliphatic heterocycles. The third-order valence-corrected chi connectivity index (χ3v) is 2.45. The van der Waals surface area contributed by atoms with Gasteiger partial charge in [-0.2, -0.15) is 5.10 Å². The van der Waals surface area contributed by atoms with Crippen molar-refractivity contribution in [1.82, 2.24) is 14.8 Å². The minimum Gasteiger partial charge on any atom is -0.364 e. The summed E-state index contributed by atoms with van der Waals surface area (Å²) in [5.74, 6) is 0.0765. The van der Waals surface area contributed by atoms with Crippen LogP contribution in [0.15, 0.2) is 18.6 Å². The second kappa shape index (κ2) is 3.38. The normalized spacial score (nSPS) is 10.6. The van der Waals surface area contributed by atoms with E-state index in [-0.39, 0.29) is 5.78 Å². The molecule has 0 aliphatic carbocycles. The molecule has 15 heavy (non-hydrogen) atoms. The molecule has 1 N–H and O–H groups in total. The van der Waals surface area contributed by atoms with Crippen molar-refractivity contribution in [2.45, 2.75) is 13.8 Å². The highest BCUT2D eigenvalue weighted by Gasteiger charge is 2.14. The summed E-state index contributed by atoms with van der Waals surface area (Å²) in [5, 5.41) is 4.09. The Morgan fingerprint density at radius 2 is 2.27 bits per heavy atom. The van der Waals surface area contributed by atoms with Crippen molar-refractivity contribution < 1.29 is 4.79 Å². The Bertz CT molecular complexity index is 508. The quantitative estimate of drug-likeness (QED) is 0.758. The first-order chi connectivity index (χ1) is 7.09. The number of nitrogens with zero attached hydrogens (tertiary/aromatic N) is 2. The number of aryl methyl sites for hydroxylation is 2. The second-order valence-corrected chi connectivity index (χ2v) is 3.66. The summed E-state index contributed by atoms with van der Waals surface area (Å²) >= 11 is 0. The molecule has 4 nitrogen and oxygen atoms in total. The summed E-state index contributed by atoms with van der Waals surface area (Å²) in [4.78, 5) is 14.5. The molecule has 0 spiro atoms. The lowest BCUT2D eigenvalue weighted by molar-refractivity contribution is 0.101. The Hall–Kier alpha value is -1.84. The van der Waals surface area contributed by atoms with Crippen molar-refractivity contribution >= 4 is 5.78 Å². The van der Waals surface area contributed by atoms with E-state index in [2.05, 4.69) is 10.1 Å². The zero-order chi connectivity index (χ0) is 11.0. The van der Waals surface area contributed by atoms with Crippen LogP contribution >= 0.6 is 0 Å². The van der Waals surface area contributed by atoms with E-state index < -0.39 is 0 Å². The molecule has 78 valence electrons. The standard InChI is InChI=1S/C11H13N3O/c1-7-11(8(2)15)10(5-12-7)9-4-13-14(3)6-9/h4-6,12H,1-3H3. The van der Waals surface area contributed by atoms with Crippen molar-refractivity contribution in [1.29, 1.82) is 0 Å². The van der Waals surface area contributed by atoms with E-state index in [4.69, 9.17) is 0 Å². The fraction of sp³-hybridized carbons (Fsp3) is 0.273. The molecule has 0 unspecified atom stereocenters. The smallest absolute Gasteiger partial charge is 0.162 e. The summed E-state index contributed by atoms with van der Waals surface area (Å²) < 4.78 is 1.72. The number of hydrogen-bond acceptors (Lipinski definition) is 2. The fourth-order valence-corrected chi connectivity index (χ4v) is 1.77. The lowest BCUT2D eigenvalue weighted by atomic mass is 10.0. The van der Waals surface area contributed by atoms with Crippen molar-refractivity contribution in [2.24, 2.45) is 7.05 Å². The number of carbonyl (C=O) groups is 1. The predicted molar refractivity (Wildman–Crippen MR) is 57.7 cm³/mol. The number of H-pyrrole nitrogens is 1. The molecule has 2 aromatic heterocycles. The second-order valence-electron chi connectivity index (χ2n) is 3.66. The van der Waals surface area contributed by atoms with Gasteiger partial charge >= 0.3 is 0 Å². The van der Waals surface area contributed by atoms with Crippen LogP contribution < -0.4 is 0 Å². The van der Waals surface area contributed by atoms with E-state index in [0.29, 0.717) is 0 Å². The Morgan fingerprint density at radius 3 is 2.80 bits per heavy atom. The molecule has 0 fully saturated rings. The van der Waals surface area contributed by atoms with E-state index in [1.165, 1.54) is 0 Å². The predicted octanol–water partition coefficient (Wildman–Crippen LogP) is 1.93. The first-order valence-corrected chi connectivity index (χ1v) is 4.77. The molecular weight excluding hydrogens is 190 g/mol. The molecule has 0 aliphatic rings. The van der Waals surface area contributed by atoms with Gasteiger partial charge in [0.05, 0.1) is 6.20 Å². The third-order valence-electron chi connectivity index (χ3n) is 2.45. The zero-order valence-electron chi connectivity index (χ0n) is 9.03.